The Bertz CT molecular complexity index is 759. The number of nitrogens with one attached hydrogen (secondary N) is 1. The molecule has 1 aliphatic rings. The summed E-state index contributed by atoms with van der Waals surface area (Å²) in [5, 5.41) is 13.3. The molecule has 1 amide bonds. The van der Waals surface area contributed by atoms with Gasteiger partial charge in [-0.2, -0.15) is 0 Å². The quantitative estimate of drug-likeness (QED) is 0.881. The van der Waals surface area contributed by atoms with Gasteiger partial charge in [-0.15, -0.1) is 0 Å². The third-order valence-electron chi connectivity index (χ3n) is 4.86. The lowest BCUT2D eigenvalue weighted by Crippen LogP contribution is -2.46. The molecule has 1 aromatic heterocycles. The summed E-state index contributed by atoms with van der Waals surface area (Å²) in [6.07, 6.45) is 2.66. The van der Waals surface area contributed by atoms with E-state index in [-0.39, 0.29) is 12.5 Å². The summed E-state index contributed by atoms with van der Waals surface area (Å²) < 4.78 is 7.28. The summed E-state index contributed by atoms with van der Waals surface area (Å²) in [4.78, 5) is 24.3. The molecule has 6 heteroatoms. The average Bonchev–Trinajstić information content (AvgIpc) is 2.99. The molecular formula is C18H22N2O4. The van der Waals surface area contributed by atoms with Crippen LogP contribution in [0.3, 0.4) is 0 Å². The van der Waals surface area contributed by atoms with Crippen molar-refractivity contribution in [3.8, 4) is 0 Å². The normalized spacial score (nSPS) is 16.9. The lowest BCUT2D eigenvalue weighted by molar-refractivity contribution is -0.154. The van der Waals surface area contributed by atoms with Crippen molar-refractivity contribution in [3.05, 3.63) is 36.0 Å². The Morgan fingerprint density at radius 3 is 2.67 bits per heavy atom. The maximum Gasteiger partial charge on any atom is 0.311 e. The molecule has 0 radical (unpaired) electrons. The average molecular weight is 330 g/mol. The van der Waals surface area contributed by atoms with Crippen molar-refractivity contribution in [2.45, 2.75) is 26.3 Å². The second kappa shape index (κ2) is 6.65. The number of nitrogens with zero attached hydrogens (tertiary/aromatic N) is 1. The van der Waals surface area contributed by atoms with Gasteiger partial charge in [0.25, 0.3) is 5.91 Å². The number of para-hydroxylation sites is 1. The summed E-state index contributed by atoms with van der Waals surface area (Å²) in [6, 6.07) is 7.73. The summed E-state index contributed by atoms with van der Waals surface area (Å²) >= 11 is 0. The first-order chi connectivity index (χ1) is 11.6. The first-order valence-electron chi connectivity index (χ1n) is 8.24. The first-order valence-corrected chi connectivity index (χ1v) is 8.24. The number of ether oxygens (including phenoxy) is 1. The van der Waals surface area contributed by atoms with Gasteiger partial charge >= 0.3 is 5.97 Å². The Balaban J connectivity index is 1.81. The van der Waals surface area contributed by atoms with Crippen LogP contribution in [0.1, 0.15) is 30.1 Å². The lowest BCUT2D eigenvalue weighted by atomic mass is 9.80. The van der Waals surface area contributed by atoms with Crippen LogP contribution in [0.25, 0.3) is 10.9 Å². The number of amides is 1. The van der Waals surface area contributed by atoms with Crippen LogP contribution in [-0.4, -0.2) is 41.3 Å². The smallest absolute Gasteiger partial charge is 0.311 e. The van der Waals surface area contributed by atoms with Gasteiger partial charge in [0.05, 0.1) is 11.0 Å². The predicted octanol–water partition coefficient (Wildman–Crippen LogP) is 2.27. The van der Waals surface area contributed by atoms with Crippen LogP contribution in [0.15, 0.2) is 30.5 Å². The van der Waals surface area contributed by atoms with Crippen LogP contribution in [0.2, 0.25) is 0 Å². The van der Waals surface area contributed by atoms with Crippen molar-refractivity contribution in [1.29, 1.82) is 0 Å². The van der Waals surface area contributed by atoms with Gasteiger partial charge in [-0.1, -0.05) is 18.2 Å². The molecule has 6 nitrogen and oxygen atoms in total. The SMILES string of the molecule is CCn1cc(C(=O)NCC2(C(=O)O)CCOCC2)c2ccccc21. The molecule has 2 aromatic rings. The number of carbonyl (C=O) groups excluding carboxylic acids is 1. The van der Waals surface area contributed by atoms with E-state index in [4.69, 9.17) is 4.74 Å². The van der Waals surface area contributed by atoms with Crippen molar-refractivity contribution in [3.63, 3.8) is 0 Å². The fourth-order valence-electron chi connectivity index (χ4n) is 3.26. The molecule has 3 rings (SSSR count). The van der Waals surface area contributed by atoms with Gasteiger partial charge in [-0.05, 0) is 25.8 Å². The van der Waals surface area contributed by atoms with Gasteiger partial charge in [0.2, 0.25) is 0 Å². The van der Waals surface area contributed by atoms with E-state index in [1.807, 2.05) is 42.0 Å². The molecule has 1 saturated heterocycles. The molecule has 0 aliphatic carbocycles. The van der Waals surface area contributed by atoms with Crippen LogP contribution in [0.4, 0.5) is 0 Å². The Hall–Kier alpha value is -2.34. The Kier molecular flexibility index (Phi) is 4.57. The summed E-state index contributed by atoms with van der Waals surface area (Å²) in [5.41, 5.74) is 0.654. The number of fused-ring (bicyclic) bond motifs is 1. The van der Waals surface area contributed by atoms with Gasteiger partial charge in [-0.25, -0.2) is 0 Å². The van der Waals surface area contributed by atoms with Crippen molar-refractivity contribution < 1.29 is 19.4 Å². The van der Waals surface area contributed by atoms with E-state index in [9.17, 15) is 14.7 Å². The first kappa shape index (κ1) is 16.5. The largest absolute Gasteiger partial charge is 0.481 e. The number of carbonyl (C=O) groups is 2. The number of benzene rings is 1. The monoisotopic (exact) mass is 330 g/mol. The number of carboxylic acids is 1. The van der Waals surface area contributed by atoms with Gasteiger partial charge in [-0.3, -0.25) is 9.59 Å². The van der Waals surface area contributed by atoms with Gasteiger partial charge in [0.15, 0.2) is 0 Å². The predicted molar refractivity (Wildman–Crippen MR) is 90.1 cm³/mol. The minimum Gasteiger partial charge on any atom is -0.481 e. The lowest BCUT2D eigenvalue weighted by Gasteiger charge is -2.33. The zero-order valence-corrected chi connectivity index (χ0v) is 13.7. The molecule has 0 saturated carbocycles. The van der Waals surface area contributed by atoms with Crippen LogP contribution in [0.5, 0.6) is 0 Å². The van der Waals surface area contributed by atoms with Crippen LogP contribution >= 0.6 is 0 Å². The Labute approximate surface area is 140 Å². The van der Waals surface area contributed by atoms with E-state index >= 15 is 0 Å². The highest BCUT2D eigenvalue weighted by atomic mass is 16.5. The third-order valence-corrected chi connectivity index (χ3v) is 4.86. The van der Waals surface area contributed by atoms with E-state index in [0.29, 0.717) is 31.6 Å². The number of aromatic nitrogens is 1. The number of hydrogen-bond donors (Lipinski definition) is 2. The van der Waals surface area contributed by atoms with Crippen LogP contribution in [0, 0.1) is 5.41 Å². The van der Waals surface area contributed by atoms with Gasteiger partial charge in [0, 0.05) is 43.4 Å². The molecule has 0 spiro atoms. The van der Waals surface area contributed by atoms with Crippen molar-refractivity contribution in [2.24, 2.45) is 5.41 Å². The maximum atomic E-state index is 12.6. The maximum absolute atomic E-state index is 12.6. The Morgan fingerprint density at radius 1 is 1.29 bits per heavy atom. The fraction of sp³-hybridized carbons (Fsp3) is 0.444. The summed E-state index contributed by atoms with van der Waals surface area (Å²) in [6.45, 7) is 3.74. The summed E-state index contributed by atoms with van der Waals surface area (Å²) in [5.74, 6) is -1.10. The topological polar surface area (TPSA) is 80.6 Å². The van der Waals surface area contributed by atoms with E-state index in [2.05, 4.69) is 5.32 Å². The number of aryl methyl sites for hydroxylation is 1. The van der Waals surface area contributed by atoms with Crippen LogP contribution in [-0.2, 0) is 16.1 Å². The van der Waals surface area contributed by atoms with Crippen molar-refractivity contribution in [2.75, 3.05) is 19.8 Å². The molecule has 0 atom stereocenters. The number of rotatable bonds is 5. The van der Waals surface area contributed by atoms with E-state index in [0.717, 1.165) is 17.4 Å². The summed E-state index contributed by atoms with van der Waals surface area (Å²) in [7, 11) is 0. The molecule has 1 aromatic carbocycles. The van der Waals surface area contributed by atoms with Crippen molar-refractivity contribution >= 4 is 22.8 Å². The minimum atomic E-state index is -0.933. The minimum absolute atomic E-state index is 0.121. The molecule has 128 valence electrons. The molecule has 0 unspecified atom stereocenters. The van der Waals surface area contributed by atoms with E-state index < -0.39 is 11.4 Å². The molecule has 2 N–H and O–H groups in total. The highest BCUT2D eigenvalue weighted by Gasteiger charge is 2.40. The van der Waals surface area contributed by atoms with E-state index in [1.165, 1.54) is 0 Å². The molecule has 1 aliphatic heterocycles. The zero-order chi connectivity index (χ0) is 17.2. The van der Waals surface area contributed by atoms with Crippen molar-refractivity contribution in [1.82, 2.24) is 9.88 Å². The molecule has 1 fully saturated rings. The molecule has 0 bridgehead atoms. The third kappa shape index (κ3) is 2.89. The molecule has 2 heterocycles. The second-order valence-electron chi connectivity index (χ2n) is 6.23. The number of carboxylic acid groups (broad SMARTS) is 1. The zero-order valence-electron chi connectivity index (χ0n) is 13.7. The standard InChI is InChI=1S/C18H22N2O4/c1-2-20-11-14(13-5-3-4-6-15(13)20)16(21)19-12-18(17(22)23)7-9-24-10-8-18/h3-6,11H,2,7-10,12H2,1H3,(H,19,21)(H,22,23). The molecule has 24 heavy (non-hydrogen) atoms. The van der Waals surface area contributed by atoms with Gasteiger partial charge < -0.3 is 19.7 Å². The number of aliphatic carboxylic acids is 1. The fourth-order valence-corrected chi connectivity index (χ4v) is 3.26. The van der Waals surface area contributed by atoms with E-state index in [1.54, 1.807) is 0 Å². The highest BCUT2D eigenvalue weighted by molar-refractivity contribution is 6.07. The number of hydrogen-bond acceptors (Lipinski definition) is 3. The van der Waals surface area contributed by atoms with Gasteiger partial charge in [0.1, 0.15) is 0 Å². The molecular weight excluding hydrogens is 308 g/mol. The highest BCUT2D eigenvalue weighted by Crippen LogP contribution is 2.30. The Morgan fingerprint density at radius 2 is 2.00 bits per heavy atom. The van der Waals surface area contributed by atoms with Crippen LogP contribution < -0.4 is 5.32 Å². The second-order valence-corrected chi connectivity index (χ2v) is 6.23.